The Morgan fingerprint density at radius 1 is 1.10 bits per heavy atom. The maximum atomic E-state index is 12.8. The normalized spacial score (nSPS) is 33.1. The summed E-state index contributed by atoms with van der Waals surface area (Å²) in [5.74, 6) is -3.54. The van der Waals surface area contributed by atoms with E-state index in [1.54, 1.807) is 7.05 Å². The molecule has 0 spiro atoms. The van der Waals surface area contributed by atoms with E-state index >= 15 is 0 Å². The Balaban J connectivity index is 1.89. The Bertz CT molecular complexity index is 418. The molecule has 120 valence electrons. The Morgan fingerprint density at radius 2 is 1.71 bits per heavy atom. The van der Waals surface area contributed by atoms with Gasteiger partial charge in [-0.05, 0) is 32.1 Å². The van der Waals surface area contributed by atoms with Crippen LogP contribution in [0.3, 0.4) is 0 Å². The number of carboxylic acid groups (broad SMARTS) is 1. The number of alkyl halides is 3. The molecule has 0 bridgehead atoms. The van der Waals surface area contributed by atoms with Crippen molar-refractivity contribution in [2.75, 3.05) is 7.05 Å². The zero-order valence-corrected chi connectivity index (χ0v) is 11.9. The molecule has 21 heavy (non-hydrogen) atoms. The summed E-state index contributed by atoms with van der Waals surface area (Å²) in [6, 6.07) is -0.148. The van der Waals surface area contributed by atoms with Crippen LogP contribution in [-0.4, -0.2) is 41.1 Å². The SMILES string of the molecule is CN(C(=O)C1CCCC(C(F)(F)F)C1)C1CC(C(=O)O)C1. The summed E-state index contributed by atoms with van der Waals surface area (Å²) < 4.78 is 38.3. The van der Waals surface area contributed by atoms with Crippen LogP contribution in [0.25, 0.3) is 0 Å². The van der Waals surface area contributed by atoms with Gasteiger partial charge < -0.3 is 10.0 Å². The molecule has 7 heteroatoms. The summed E-state index contributed by atoms with van der Waals surface area (Å²) in [6.07, 6.45) is -2.58. The molecule has 1 amide bonds. The summed E-state index contributed by atoms with van der Waals surface area (Å²) in [5.41, 5.74) is 0. The molecular weight excluding hydrogens is 287 g/mol. The van der Waals surface area contributed by atoms with Gasteiger partial charge in [-0.25, -0.2) is 0 Å². The first-order chi connectivity index (χ1) is 9.70. The molecule has 0 aromatic rings. The van der Waals surface area contributed by atoms with Gasteiger partial charge in [0.25, 0.3) is 0 Å². The average Bonchev–Trinajstić information content (AvgIpc) is 2.34. The minimum atomic E-state index is -4.23. The fourth-order valence-corrected chi connectivity index (χ4v) is 3.28. The van der Waals surface area contributed by atoms with Gasteiger partial charge in [0.2, 0.25) is 5.91 Å². The lowest BCUT2D eigenvalue weighted by molar-refractivity contribution is -0.187. The number of carboxylic acids is 1. The molecule has 2 aliphatic rings. The first-order valence-corrected chi connectivity index (χ1v) is 7.26. The molecule has 0 aromatic carbocycles. The van der Waals surface area contributed by atoms with Crippen molar-refractivity contribution in [3.8, 4) is 0 Å². The molecule has 2 fully saturated rings. The van der Waals surface area contributed by atoms with E-state index in [-0.39, 0.29) is 24.8 Å². The van der Waals surface area contributed by atoms with Crippen molar-refractivity contribution in [2.45, 2.75) is 50.7 Å². The molecule has 0 aliphatic heterocycles. The largest absolute Gasteiger partial charge is 0.481 e. The molecule has 0 aromatic heterocycles. The summed E-state index contributed by atoms with van der Waals surface area (Å²) in [6.45, 7) is 0. The van der Waals surface area contributed by atoms with E-state index in [1.807, 2.05) is 0 Å². The zero-order chi connectivity index (χ0) is 15.8. The second-order valence-corrected chi connectivity index (χ2v) is 6.21. The van der Waals surface area contributed by atoms with Crippen LogP contribution >= 0.6 is 0 Å². The van der Waals surface area contributed by atoms with Crippen molar-refractivity contribution in [3.63, 3.8) is 0 Å². The monoisotopic (exact) mass is 307 g/mol. The number of halogens is 3. The van der Waals surface area contributed by atoms with Crippen molar-refractivity contribution in [1.82, 2.24) is 4.90 Å². The fraction of sp³-hybridized carbons (Fsp3) is 0.857. The third-order valence-electron chi connectivity index (χ3n) is 4.84. The van der Waals surface area contributed by atoms with Gasteiger partial charge in [0.1, 0.15) is 0 Å². The highest BCUT2D eigenvalue weighted by atomic mass is 19.4. The predicted molar refractivity (Wildman–Crippen MR) is 68.4 cm³/mol. The molecule has 1 N–H and O–H groups in total. The van der Waals surface area contributed by atoms with E-state index in [2.05, 4.69) is 0 Å². The number of amides is 1. The van der Waals surface area contributed by atoms with E-state index < -0.39 is 29.9 Å². The van der Waals surface area contributed by atoms with E-state index in [0.29, 0.717) is 25.7 Å². The lowest BCUT2D eigenvalue weighted by Gasteiger charge is -2.41. The van der Waals surface area contributed by atoms with Crippen molar-refractivity contribution >= 4 is 11.9 Å². The molecule has 2 rings (SSSR count). The average molecular weight is 307 g/mol. The first kappa shape index (κ1) is 16.1. The quantitative estimate of drug-likeness (QED) is 0.872. The Labute approximate surface area is 121 Å². The van der Waals surface area contributed by atoms with Gasteiger partial charge in [-0.1, -0.05) is 6.42 Å². The smallest absolute Gasteiger partial charge is 0.391 e. The summed E-state index contributed by atoms with van der Waals surface area (Å²) in [7, 11) is 1.57. The fourth-order valence-electron chi connectivity index (χ4n) is 3.28. The number of hydrogen-bond donors (Lipinski definition) is 1. The number of hydrogen-bond acceptors (Lipinski definition) is 2. The van der Waals surface area contributed by atoms with Crippen LogP contribution < -0.4 is 0 Å². The maximum Gasteiger partial charge on any atom is 0.391 e. The van der Waals surface area contributed by atoms with Crippen LogP contribution in [-0.2, 0) is 9.59 Å². The molecule has 2 saturated carbocycles. The highest BCUT2D eigenvalue weighted by Crippen LogP contribution is 2.41. The van der Waals surface area contributed by atoms with E-state index in [1.165, 1.54) is 4.90 Å². The minimum Gasteiger partial charge on any atom is -0.481 e. The third kappa shape index (κ3) is 3.49. The standard InChI is InChI=1S/C14H20F3NO3/c1-18(11-6-9(7-11)13(20)21)12(19)8-3-2-4-10(5-8)14(15,16)17/h8-11H,2-7H2,1H3,(H,20,21). The Morgan fingerprint density at radius 3 is 2.24 bits per heavy atom. The molecule has 4 nitrogen and oxygen atoms in total. The van der Waals surface area contributed by atoms with Gasteiger partial charge >= 0.3 is 12.1 Å². The lowest BCUT2D eigenvalue weighted by Crippen LogP contribution is -2.50. The van der Waals surface area contributed by atoms with Crippen molar-refractivity contribution in [1.29, 1.82) is 0 Å². The van der Waals surface area contributed by atoms with Gasteiger partial charge in [0.15, 0.2) is 0 Å². The van der Waals surface area contributed by atoms with Crippen LogP contribution in [0.5, 0.6) is 0 Å². The molecule has 0 heterocycles. The third-order valence-corrected chi connectivity index (χ3v) is 4.84. The highest BCUT2D eigenvalue weighted by molar-refractivity contribution is 5.80. The van der Waals surface area contributed by atoms with E-state index in [9.17, 15) is 22.8 Å². The Hall–Kier alpha value is -1.27. The van der Waals surface area contributed by atoms with Crippen LogP contribution in [0.15, 0.2) is 0 Å². The van der Waals surface area contributed by atoms with Crippen LogP contribution in [0.4, 0.5) is 13.2 Å². The molecule has 0 saturated heterocycles. The summed E-state index contributed by atoms with van der Waals surface area (Å²) in [4.78, 5) is 24.5. The second kappa shape index (κ2) is 5.85. The molecule has 0 radical (unpaired) electrons. The topological polar surface area (TPSA) is 57.6 Å². The van der Waals surface area contributed by atoms with Gasteiger partial charge in [-0.15, -0.1) is 0 Å². The van der Waals surface area contributed by atoms with Crippen LogP contribution in [0.1, 0.15) is 38.5 Å². The summed E-state index contributed by atoms with van der Waals surface area (Å²) >= 11 is 0. The van der Waals surface area contributed by atoms with Gasteiger partial charge in [0.05, 0.1) is 11.8 Å². The van der Waals surface area contributed by atoms with Crippen molar-refractivity contribution in [3.05, 3.63) is 0 Å². The van der Waals surface area contributed by atoms with Gasteiger partial charge in [-0.2, -0.15) is 13.2 Å². The summed E-state index contributed by atoms with van der Waals surface area (Å²) in [5, 5.41) is 8.82. The maximum absolute atomic E-state index is 12.8. The minimum absolute atomic E-state index is 0.0987. The molecule has 2 unspecified atom stereocenters. The predicted octanol–water partition coefficient (Wildman–Crippen LogP) is 2.68. The van der Waals surface area contributed by atoms with Crippen LogP contribution in [0.2, 0.25) is 0 Å². The Kier molecular flexibility index (Phi) is 4.49. The lowest BCUT2D eigenvalue weighted by atomic mass is 9.77. The van der Waals surface area contributed by atoms with Crippen molar-refractivity contribution in [2.24, 2.45) is 17.8 Å². The molecular formula is C14H20F3NO3. The highest BCUT2D eigenvalue weighted by Gasteiger charge is 2.45. The second-order valence-electron chi connectivity index (χ2n) is 6.21. The first-order valence-electron chi connectivity index (χ1n) is 7.26. The van der Waals surface area contributed by atoms with E-state index in [0.717, 1.165) is 0 Å². The number of rotatable bonds is 3. The zero-order valence-electron chi connectivity index (χ0n) is 11.9. The molecule has 2 atom stereocenters. The van der Waals surface area contributed by atoms with Gasteiger partial charge in [0, 0.05) is 19.0 Å². The number of aliphatic carboxylic acids is 1. The van der Waals surface area contributed by atoms with E-state index in [4.69, 9.17) is 5.11 Å². The molecule has 2 aliphatic carbocycles. The number of carbonyl (C=O) groups is 2. The van der Waals surface area contributed by atoms with Crippen molar-refractivity contribution < 1.29 is 27.9 Å². The van der Waals surface area contributed by atoms with Gasteiger partial charge in [-0.3, -0.25) is 9.59 Å². The number of carbonyl (C=O) groups excluding carboxylic acids is 1. The number of nitrogens with zero attached hydrogens (tertiary/aromatic N) is 1. The van der Waals surface area contributed by atoms with Crippen LogP contribution in [0, 0.1) is 17.8 Å².